The minimum Gasteiger partial charge on any atom is -0.497 e. The minimum atomic E-state index is -0.00501. The van der Waals surface area contributed by atoms with Crippen molar-refractivity contribution in [1.29, 1.82) is 0 Å². The molecule has 0 aliphatic carbocycles. The molecule has 2 aromatic rings. The molecule has 1 amide bonds. The van der Waals surface area contributed by atoms with Crippen LogP contribution in [-0.2, 0) is 11.3 Å². The summed E-state index contributed by atoms with van der Waals surface area (Å²) >= 11 is 3.50. The number of rotatable bonds is 8. The number of carbonyl (C=O) groups is 1. The van der Waals surface area contributed by atoms with Gasteiger partial charge in [-0.25, -0.2) is 0 Å². The average Bonchev–Trinajstić information content (AvgIpc) is 2.62. The molecule has 2 aromatic carbocycles. The third-order valence-electron chi connectivity index (χ3n) is 3.95. The first kappa shape index (κ1) is 19.3. The number of quaternary nitrogens is 1. The molecule has 0 spiro atoms. The predicted octanol–water partition coefficient (Wildman–Crippen LogP) is 2.51. The molecule has 0 aliphatic heterocycles. The number of anilines is 1. The lowest BCUT2D eigenvalue weighted by Gasteiger charge is -2.18. The maximum atomic E-state index is 12.3. The van der Waals surface area contributed by atoms with Crippen LogP contribution in [0.25, 0.3) is 0 Å². The van der Waals surface area contributed by atoms with E-state index in [1.807, 2.05) is 42.5 Å². The summed E-state index contributed by atoms with van der Waals surface area (Å²) in [5.41, 5.74) is 1.93. The first-order chi connectivity index (χ1) is 12.0. The highest BCUT2D eigenvalue weighted by molar-refractivity contribution is 9.10. The smallest absolute Gasteiger partial charge is 0.279 e. The van der Waals surface area contributed by atoms with Gasteiger partial charge in [0.2, 0.25) is 0 Å². The molecule has 0 aliphatic rings. The molecule has 2 rings (SSSR count). The van der Waals surface area contributed by atoms with E-state index in [9.17, 15) is 4.79 Å². The second-order valence-corrected chi connectivity index (χ2v) is 6.56. The maximum absolute atomic E-state index is 12.3. The van der Waals surface area contributed by atoms with Gasteiger partial charge in [0.05, 0.1) is 25.2 Å². The number of hydrogen-bond acceptors (Lipinski definition) is 3. The Labute approximate surface area is 157 Å². The highest BCUT2D eigenvalue weighted by Crippen LogP contribution is 2.25. The fraction of sp³-hybridized carbons (Fsp3) is 0.316. The third kappa shape index (κ3) is 5.76. The molecule has 6 heteroatoms. The summed E-state index contributed by atoms with van der Waals surface area (Å²) in [6, 6.07) is 13.3. The van der Waals surface area contributed by atoms with Crippen LogP contribution >= 0.6 is 15.9 Å². The maximum Gasteiger partial charge on any atom is 0.279 e. The zero-order chi connectivity index (χ0) is 18.2. The predicted molar refractivity (Wildman–Crippen MR) is 102 cm³/mol. The number of benzene rings is 2. The first-order valence-corrected chi connectivity index (χ1v) is 8.95. The zero-order valence-electron chi connectivity index (χ0n) is 14.8. The van der Waals surface area contributed by atoms with Crippen LogP contribution in [0.2, 0.25) is 0 Å². The Morgan fingerprint density at radius 2 is 1.84 bits per heavy atom. The molecule has 0 aromatic heterocycles. The number of amides is 1. The minimum absolute atomic E-state index is 0.00501. The molecule has 0 saturated carbocycles. The Kier molecular flexibility index (Phi) is 7.28. The van der Waals surface area contributed by atoms with E-state index < -0.39 is 0 Å². The Morgan fingerprint density at radius 3 is 2.40 bits per heavy atom. The van der Waals surface area contributed by atoms with Gasteiger partial charge in [-0.1, -0.05) is 0 Å². The topological polar surface area (TPSA) is 52.0 Å². The molecule has 5 nitrogen and oxygen atoms in total. The van der Waals surface area contributed by atoms with Crippen molar-refractivity contribution >= 4 is 27.5 Å². The monoisotopic (exact) mass is 407 g/mol. The van der Waals surface area contributed by atoms with Gasteiger partial charge in [0.1, 0.15) is 18.0 Å². The lowest BCUT2D eigenvalue weighted by molar-refractivity contribution is -0.903. The van der Waals surface area contributed by atoms with Crippen LogP contribution in [0, 0.1) is 0 Å². The van der Waals surface area contributed by atoms with Crippen molar-refractivity contribution in [3.63, 3.8) is 0 Å². The molecule has 0 saturated heterocycles. The van der Waals surface area contributed by atoms with E-state index in [0.29, 0.717) is 6.54 Å². The first-order valence-electron chi connectivity index (χ1n) is 8.15. The number of carbonyl (C=O) groups excluding carboxylic acids is 1. The van der Waals surface area contributed by atoms with Gasteiger partial charge in [0.25, 0.3) is 5.91 Å². The van der Waals surface area contributed by atoms with E-state index >= 15 is 0 Å². The molecular formula is C19H24BrN2O3+. The van der Waals surface area contributed by atoms with Crippen molar-refractivity contribution in [2.75, 3.05) is 32.6 Å². The number of nitrogens with one attached hydrogen (secondary N) is 2. The van der Waals surface area contributed by atoms with Crippen LogP contribution < -0.4 is 19.7 Å². The van der Waals surface area contributed by atoms with Gasteiger partial charge in [0, 0.05) is 11.3 Å². The van der Waals surface area contributed by atoms with Crippen LogP contribution in [0.1, 0.15) is 12.5 Å². The summed E-state index contributed by atoms with van der Waals surface area (Å²) in [6.07, 6.45) is 0. The van der Waals surface area contributed by atoms with E-state index in [2.05, 4.69) is 28.2 Å². The number of methoxy groups -OCH3 is 2. The molecule has 0 radical (unpaired) electrons. The SMILES string of the molecule is CC[NH+](CC(=O)Nc1ccc(OC)cc1)Cc1ccc(OC)c(Br)c1. The average molecular weight is 408 g/mol. The zero-order valence-corrected chi connectivity index (χ0v) is 16.4. The summed E-state index contributed by atoms with van der Waals surface area (Å²) in [6.45, 7) is 4.12. The quantitative estimate of drug-likeness (QED) is 0.706. The summed E-state index contributed by atoms with van der Waals surface area (Å²) in [5.74, 6) is 1.57. The molecule has 1 unspecified atom stereocenters. The Balaban J connectivity index is 1.93. The number of hydrogen-bond donors (Lipinski definition) is 2. The summed E-state index contributed by atoms with van der Waals surface area (Å²) in [5, 5.41) is 2.93. The molecule has 0 bridgehead atoms. The van der Waals surface area contributed by atoms with E-state index in [4.69, 9.17) is 9.47 Å². The third-order valence-corrected chi connectivity index (χ3v) is 4.57. The van der Waals surface area contributed by atoms with Crippen LogP contribution in [0.5, 0.6) is 11.5 Å². The van der Waals surface area contributed by atoms with Crippen LogP contribution in [0.15, 0.2) is 46.9 Å². The molecular weight excluding hydrogens is 384 g/mol. The van der Waals surface area contributed by atoms with Crippen molar-refractivity contribution in [3.8, 4) is 11.5 Å². The number of ether oxygens (including phenoxy) is 2. The highest BCUT2D eigenvalue weighted by atomic mass is 79.9. The fourth-order valence-corrected chi connectivity index (χ4v) is 3.12. The van der Waals surface area contributed by atoms with Crippen molar-refractivity contribution in [2.45, 2.75) is 13.5 Å². The number of likely N-dealkylation sites (N-methyl/N-ethyl adjacent to an activating group) is 1. The molecule has 0 heterocycles. The van der Waals surface area contributed by atoms with Crippen molar-refractivity contribution in [2.24, 2.45) is 0 Å². The highest BCUT2D eigenvalue weighted by Gasteiger charge is 2.14. The van der Waals surface area contributed by atoms with E-state index in [-0.39, 0.29) is 5.91 Å². The molecule has 1 atom stereocenters. The van der Waals surface area contributed by atoms with Gasteiger partial charge in [-0.2, -0.15) is 0 Å². The molecule has 134 valence electrons. The van der Waals surface area contributed by atoms with Gasteiger partial charge in [-0.05, 0) is 65.3 Å². The molecule has 0 fully saturated rings. The molecule has 2 N–H and O–H groups in total. The van der Waals surface area contributed by atoms with Crippen molar-refractivity contribution in [3.05, 3.63) is 52.5 Å². The largest absolute Gasteiger partial charge is 0.497 e. The van der Waals surface area contributed by atoms with Crippen molar-refractivity contribution < 1.29 is 19.2 Å². The van der Waals surface area contributed by atoms with Gasteiger partial charge in [-0.3, -0.25) is 4.79 Å². The fourth-order valence-electron chi connectivity index (χ4n) is 2.53. The van der Waals surface area contributed by atoms with Gasteiger partial charge in [-0.15, -0.1) is 0 Å². The lowest BCUT2D eigenvalue weighted by atomic mass is 10.2. The summed E-state index contributed by atoms with van der Waals surface area (Å²) < 4.78 is 11.3. The van der Waals surface area contributed by atoms with E-state index in [1.165, 1.54) is 4.90 Å². The second kappa shape index (κ2) is 9.44. The Morgan fingerprint density at radius 1 is 1.12 bits per heavy atom. The Hall–Kier alpha value is -2.05. The van der Waals surface area contributed by atoms with Crippen LogP contribution in [0.3, 0.4) is 0 Å². The van der Waals surface area contributed by atoms with Gasteiger partial charge in [0.15, 0.2) is 6.54 Å². The van der Waals surface area contributed by atoms with E-state index in [0.717, 1.165) is 40.3 Å². The van der Waals surface area contributed by atoms with Crippen LogP contribution in [-0.4, -0.2) is 33.2 Å². The van der Waals surface area contributed by atoms with Crippen LogP contribution in [0.4, 0.5) is 5.69 Å². The standard InChI is InChI=1S/C19H23BrN2O3/c1-4-22(12-14-5-10-18(25-3)17(20)11-14)13-19(23)21-15-6-8-16(24-2)9-7-15/h5-11H,4,12-13H2,1-3H3,(H,21,23)/p+1. The summed E-state index contributed by atoms with van der Waals surface area (Å²) in [4.78, 5) is 13.5. The molecule has 25 heavy (non-hydrogen) atoms. The summed E-state index contributed by atoms with van der Waals surface area (Å²) in [7, 11) is 3.26. The Bertz CT molecular complexity index is 704. The normalized spacial score (nSPS) is 11.7. The lowest BCUT2D eigenvalue weighted by Crippen LogP contribution is -3.11. The van der Waals surface area contributed by atoms with E-state index in [1.54, 1.807) is 14.2 Å². The van der Waals surface area contributed by atoms with Crippen molar-refractivity contribution in [1.82, 2.24) is 0 Å². The van der Waals surface area contributed by atoms with Gasteiger partial charge < -0.3 is 19.7 Å². The second-order valence-electron chi connectivity index (χ2n) is 5.70. The van der Waals surface area contributed by atoms with Gasteiger partial charge >= 0.3 is 0 Å². The number of halogens is 1.